The summed E-state index contributed by atoms with van der Waals surface area (Å²) in [5, 5.41) is 63.0. The molecule has 6 aromatic heterocycles. The van der Waals surface area contributed by atoms with E-state index >= 15 is 0 Å². The van der Waals surface area contributed by atoms with E-state index in [-0.39, 0.29) is 0 Å². The lowest BCUT2D eigenvalue weighted by molar-refractivity contribution is 0.977. The van der Waals surface area contributed by atoms with Crippen molar-refractivity contribution in [1.29, 1.82) is 0 Å². The van der Waals surface area contributed by atoms with Crippen molar-refractivity contribution in [1.82, 2.24) is 44.3 Å². The summed E-state index contributed by atoms with van der Waals surface area (Å²) in [5.41, 5.74) is 12.7. The van der Waals surface area contributed by atoms with Crippen LogP contribution in [0.4, 0.5) is 0 Å². The van der Waals surface area contributed by atoms with Crippen molar-refractivity contribution in [2.24, 2.45) is 0 Å². The van der Waals surface area contributed by atoms with Gasteiger partial charge in [-0.2, -0.15) is 0 Å². The van der Waals surface area contributed by atoms with E-state index in [0.29, 0.717) is 0 Å². The molecule has 0 aliphatic heterocycles. The van der Waals surface area contributed by atoms with Gasteiger partial charge in [0.2, 0.25) is 0 Å². The van der Waals surface area contributed by atoms with Crippen LogP contribution in [-0.2, 0) is 0 Å². The molecule has 0 saturated heterocycles. The highest BCUT2D eigenvalue weighted by atomic mass is 15.2. The fourth-order valence-electron chi connectivity index (χ4n) is 18.8. The van der Waals surface area contributed by atoms with Gasteiger partial charge in [-0.1, -0.05) is 340 Å². The molecular weight excluding hydrogens is 1450 g/mol. The minimum Gasteiger partial charge on any atom is -0.292 e. The van der Waals surface area contributed by atoms with Gasteiger partial charge >= 0.3 is 0 Å². The standard InChI is InChI=1S/2C38H23N3.C34H21N3/c1-2-11-27-23-36-34(21-26(27)10-1)30-13-7-8-16-35(30)41(36)38-32-15-6-5-14-31(32)37(39-40-38)28-20-19-25-18-17-24-9-3-4-12-29(24)33(25)22-28;1-2-11-26-23-36-34(22-25(26)10-1)31-13-7-8-16-35(31)41(36)38-33-15-6-5-14-32(33)37(39-40-38)28-19-20-30-27(21-28)18-17-24-9-3-4-12-29(24)30;1-2-12-24-21-32-30(20-23(24)11-1)26-15-7-8-19-31(26)37(32)34-29-17-6-5-16-28(29)33(35-36-34)27-18-9-13-22-10-3-4-14-25(22)27/h2*1-23H;1-21H. The van der Waals surface area contributed by atoms with Crippen molar-refractivity contribution in [3.05, 3.63) is 406 Å². The maximum atomic E-state index is 4.96. The summed E-state index contributed by atoms with van der Waals surface area (Å²) in [6.07, 6.45) is 0. The number of hydrogen-bond acceptors (Lipinski definition) is 6. The van der Waals surface area contributed by atoms with E-state index in [1.54, 1.807) is 0 Å². The number of benzene rings is 20. The van der Waals surface area contributed by atoms with Crippen LogP contribution in [0.25, 0.3) is 235 Å². The summed E-state index contributed by atoms with van der Waals surface area (Å²) < 4.78 is 6.84. The number of nitrogens with zero attached hydrogens (tertiary/aromatic N) is 9. The maximum Gasteiger partial charge on any atom is 0.168 e. The lowest BCUT2D eigenvalue weighted by atomic mass is 9.97. The number of rotatable bonds is 6. The van der Waals surface area contributed by atoms with Gasteiger partial charge in [-0.3, -0.25) is 13.7 Å². The lowest BCUT2D eigenvalue weighted by Gasteiger charge is -2.13. The summed E-state index contributed by atoms with van der Waals surface area (Å²) in [7, 11) is 0. The summed E-state index contributed by atoms with van der Waals surface area (Å²) >= 11 is 0. The minimum atomic E-state index is 0.845. The predicted molar refractivity (Wildman–Crippen MR) is 498 cm³/mol. The predicted octanol–water partition coefficient (Wildman–Crippen LogP) is 28.4. The zero-order chi connectivity index (χ0) is 78.2. The van der Waals surface area contributed by atoms with Gasteiger partial charge < -0.3 is 0 Å². The first-order chi connectivity index (χ1) is 59.0. The van der Waals surface area contributed by atoms with Gasteiger partial charge in [0.05, 0.1) is 33.1 Å². The monoisotopic (exact) mass is 1510 g/mol. The average Bonchev–Trinajstić information content (AvgIpc) is 1.61. The molecule has 0 radical (unpaired) electrons. The third kappa shape index (κ3) is 10.9. The third-order valence-electron chi connectivity index (χ3n) is 24.3. The minimum absolute atomic E-state index is 0.845. The van der Waals surface area contributed by atoms with Gasteiger partial charge in [-0.25, -0.2) is 0 Å². The summed E-state index contributed by atoms with van der Waals surface area (Å²) in [4.78, 5) is 0. The molecule has 0 atom stereocenters. The Bertz CT molecular complexity index is 8730. The Kier molecular flexibility index (Phi) is 15.5. The quantitative estimate of drug-likeness (QED) is 0.154. The molecule has 26 aromatic rings. The largest absolute Gasteiger partial charge is 0.292 e. The van der Waals surface area contributed by atoms with Crippen LogP contribution in [0.3, 0.4) is 0 Å². The smallest absolute Gasteiger partial charge is 0.168 e. The van der Waals surface area contributed by atoms with Crippen LogP contribution in [0, 0.1) is 0 Å². The van der Waals surface area contributed by atoms with Crippen LogP contribution in [0.2, 0.25) is 0 Å². The highest BCUT2D eigenvalue weighted by molar-refractivity contribution is 6.20. The summed E-state index contributed by atoms with van der Waals surface area (Å²) in [5.74, 6) is 2.54. The second-order valence-corrected chi connectivity index (χ2v) is 30.9. The van der Waals surface area contributed by atoms with Crippen LogP contribution in [0.5, 0.6) is 0 Å². The fourth-order valence-corrected chi connectivity index (χ4v) is 18.8. The van der Waals surface area contributed by atoms with Crippen LogP contribution >= 0.6 is 0 Å². The Hall–Kier alpha value is -16.1. The van der Waals surface area contributed by atoms with E-state index in [0.717, 1.165) is 117 Å². The van der Waals surface area contributed by atoms with Gasteiger partial charge in [0.15, 0.2) is 17.5 Å². The molecule has 119 heavy (non-hydrogen) atoms. The van der Waals surface area contributed by atoms with E-state index in [9.17, 15) is 0 Å². The third-order valence-corrected chi connectivity index (χ3v) is 24.3. The first kappa shape index (κ1) is 67.4. The van der Waals surface area contributed by atoms with Crippen molar-refractivity contribution in [3.8, 4) is 51.2 Å². The molecule has 0 saturated carbocycles. The molecule has 552 valence electrons. The Balaban J connectivity index is 0.000000102. The molecule has 0 aliphatic rings. The van der Waals surface area contributed by atoms with Crippen LogP contribution < -0.4 is 0 Å². The Labute approximate surface area is 681 Å². The summed E-state index contributed by atoms with van der Waals surface area (Å²) in [6.45, 7) is 0. The van der Waals surface area contributed by atoms with Crippen molar-refractivity contribution in [3.63, 3.8) is 0 Å². The molecule has 20 aromatic carbocycles. The van der Waals surface area contributed by atoms with Gasteiger partial charge in [-0.05, 0) is 153 Å². The van der Waals surface area contributed by atoms with Crippen LogP contribution in [-0.4, -0.2) is 44.3 Å². The second kappa shape index (κ2) is 27.3. The van der Waals surface area contributed by atoms with E-state index in [1.807, 2.05) is 0 Å². The van der Waals surface area contributed by atoms with Gasteiger partial charge in [0, 0.05) is 81.3 Å². The number of para-hydroxylation sites is 3. The maximum absolute atomic E-state index is 4.96. The molecule has 0 N–H and O–H groups in total. The van der Waals surface area contributed by atoms with Crippen molar-refractivity contribution >= 4 is 184 Å². The first-order valence-electron chi connectivity index (χ1n) is 40.4. The lowest BCUT2D eigenvalue weighted by Crippen LogP contribution is -2.02. The highest BCUT2D eigenvalue weighted by Gasteiger charge is 2.24. The SMILES string of the molecule is c1ccc2cc3c(cc2c1)c1ccccc1n3-c1nnc(-c2ccc3c(ccc4ccccc43)c2)c2ccccc12.c1ccc2cc3c(cc2c1)c1ccccc1n3-c1nnc(-c2ccc3ccc4ccccc4c3c2)c2ccccc12.c1ccc2cc3c(cc2c1)c1ccccc1n3-c1nnc(-c2cccc3ccccc23)c2ccccc12. The number of aromatic nitrogens is 9. The number of hydrogen-bond donors (Lipinski definition) is 0. The molecule has 9 nitrogen and oxygen atoms in total. The Morgan fingerprint density at radius 3 is 0.849 bits per heavy atom. The highest BCUT2D eigenvalue weighted by Crippen LogP contribution is 2.44. The molecule has 6 heterocycles. The summed E-state index contributed by atoms with van der Waals surface area (Å²) in [6, 6.07) is 145. The van der Waals surface area contributed by atoms with Crippen LogP contribution in [0.1, 0.15) is 0 Å². The molecule has 0 aliphatic carbocycles. The Morgan fingerprint density at radius 2 is 0.412 bits per heavy atom. The fraction of sp³-hybridized carbons (Fsp3) is 0. The second-order valence-electron chi connectivity index (χ2n) is 30.9. The van der Waals surface area contributed by atoms with Crippen molar-refractivity contribution in [2.75, 3.05) is 0 Å². The molecule has 9 heteroatoms. The molecule has 0 unspecified atom stereocenters. The van der Waals surface area contributed by atoms with Gasteiger partial charge in [-0.15, -0.1) is 30.6 Å². The zero-order valence-corrected chi connectivity index (χ0v) is 64.2. The average molecular weight is 1510 g/mol. The van der Waals surface area contributed by atoms with Gasteiger partial charge in [0.1, 0.15) is 17.1 Å². The van der Waals surface area contributed by atoms with E-state index in [2.05, 4.69) is 420 Å². The normalized spacial score (nSPS) is 11.9. The van der Waals surface area contributed by atoms with Crippen molar-refractivity contribution in [2.45, 2.75) is 0 Å². The molecule has 0 fully saturated rings. The first-order valence-corrected chi connectivity index (χ1v) is 40.4. The van der Waals surface area contributed by atoms with E-state index in [4.69, 9.17) is 30.6 Å². The topological polar surface area (TPSA) is 92.1 Å². The van der Waals surface area contributed by atoms with Gasteiger partial charge in [0.25, 0.3) is 0 Å². The van der Waals surface area contributed by atoms with Crippen molar-refractivity contribution < 1.29 is 0 Å². The number of fused-ring (bicyclic) bond motifs is 22. The Morgan fingerprint density at radius 1 is 0.134 bits per heavy atom. The molecule has 0 amide bonds. The molecular formula is C110H67N9. The van der Waals surface area contributed by atoms with E-state index < -0.39 is 0 Å². The van der Waals surface area contributed by atoms with E-state index in [1.165, 1.54) is 118 Å². The zero-order valence-electron chi connectivity index (χ0n) is 64.2. The van der Waals surface area contributed by atoms with Crippen LogP contribution in [0.15, 0.2) is 406 Å². The molecule has 0 spiro atoms. The molecule has 26 rings (SSSR count). The molecule has 0 bridgehead atoms.